The molecule has 0 saturated heterocycles. The molecule has 0 radical (unpaired) electrons. The number of aromatic nitrogens is 2. The van der Waals surface area contributed by atoms with Crippen molar-refractivity contribution >= 4 is 45.2 Å². The molecule has 0 unspecified atom stereocenters. The molecule has 0 spiro atoms. The van der Waals surface area contributed by atoms with Crippen molar-refractivity contribution in [3.8, 4) is 89.3 Å². The fourth-order valence-corrected chi connectivity index (χ4v) is 14.3. The zero-order valence-corrected chi connectivity index (χ0v) is 50.8. The Morgan fingerprint density at radius 3 is 0.867 bits per heavy atom. The van der Waals surface area contributed by atoms with Gasteiger partial charge in [0.15, 0.2) is 0 Å². The van der Waals surface area contributed by atoms with E-state index in [1.807, 2.05) is 12.1 Å². The van der Waals surface area contributed by atoms with Gasteiger partial charge in [-0.1, -0.05) is 246 Å². The van der Waals surface area contributed by atoms with Gasteiger partial charge in [0.2, 0.25) is 0 Å². The van der Waals surface area contributed by atoms with Crippen LogP contribution in [0, 0.1) is 0 Å². The Balaban J connectivity index is 0.799. The maximum absolute atomic E-state index is 5.43. The Morgan fingerprint density at radius 1 is 0.211 bits per heavy atom. The largest absolute Gasteiger partial charge is 0.310 e. The second-order valence-corrected chi connectivity index (χ2v) is 24.9. The molecule has 13 aromatic carbocycles. The van der Waals surface area contributed by atoms with E-state index in [2.05, 4.69) is 341 Å². The normalized spacial score (nSPS) is 13.1. The number of benzene rings is 13. The highest BCUT2D eigenvalue weighted by Crippen LogP contribution is 2.53. The highest BCUT2D eigenvalue weighted by atomic mass is 15.1. The number of anilines is 6. The summed E-state index contributed by atoms with van der Waals surface area (Å²) in [5.74, 6) is 0. The molecular weight excluding hydrogens is 1090 g/mol. The van der Waals surface area contributed by atoms with E-state index >= 15 is 0 Å². The van der Waals surface area contributed by atoms with Crippen molar-refractivity contribution in [3.63, 3.8) is 0 Å². The lowest BCUT2D eigenvalue weighted by molar-refractivity contribution is 0.660. The Hall–Kier alpha value is -11.2. The van der Waals surface area contributed by atoms with Gasteiger partial charge in [0, 0.05) is 56.1 Å². The van der Waals surface area contributed by atoms with E-state index in [0.717, 1.165) is 101 Å². The predicted molar refractivity (Wildman–Crippen MR) is 377 cm³/mol. The highest BCUT2D eigenvalue weighted by Gasteiger charge is 2.37. The molecule has 0 amide bonds. The van der Waals surface area contributed by atoms with Gasteiger partial charge in [-0.15, -0.1) is 0 Å². The average molecular weight is 1150 g/mol. The Bertz CT molecular complexity index is 4640. The molecule has 2 aliphatic carbocycles. The van der Waals surface area contributed by atoms with Crippen LogP contribution >= 0.6 is 0 Å². The van der Waals surface area contributed by atoms with Crippen LogP contribution in [0.25, 0.3) is 100 Å². The second-order valence-electron chi connectivity index (χ2n) is 24.9. The molecule has 1 aromatic heterocycles. The van der Waals surface area contributed by atoms with E-state index in [1.54, 1.807) is 0 Å². The van der Waals surface area contributed by atoms with Crippen LogP contribution in [0.15, 0.2) is 315 Å². The van der Waals surface area contributed by atoms with Crippen molar-refractivity contribution < 1.29 is 0 Å². The Kier molecular flexibility index (Phi) is 13.2. The average Bonchev–Trinajstić information content (AvgIpc) is 1.59. The van der Waals surface area contributed by atoms with Crippen LogP contribution in [-0.2, 0) is 10.8 Å². The van der Waals surface area contributed by atoms with Crippen molar-refractivity contribution in [2.24, 2.45) is 0 Å². The van der Waals surface area contributed by atoms with Crippen LogP contribution < -0.4 is 9.80 Å². The molecule has 4 heteroatoms. The molecule has 0 N–H and O–H groups in total. The lowest BCUT2D eigenvalue weighted by Crippen LogP contribution is -2.15. The third-order valence-electron chi connectivity index (χ3n) is 18.9. The van der Waals surface area contributed by atoms with Crippen LogP contribution in [0.3, 0.4) is 0 Å². The molecule has 0 saturated carbocycles. The number of para-hydroxylation sites is 6. The highest BCUT2D eigenvalue weighted by molar-refractivity contribution is 5.95. The van der Waals surface area contributed by atoms with Gasteiger partial charge in [-0.3, -0.25) is 0 Å². The summed E-state index contributed by atoms with van der Waals surface area (Å²) < 4.78 is 0. The number of fused-ring (bicyclic) bond motifs is 7. The Labute approximate surface area is 527 Å². The van der Waals surface area contributed by atoms with Crippen LogP contribution in [0.4, 0.5) is 34.1 Å². The van der Waals surface area contributed by atoms with Crippen molar-refractivity contribution in [1.29, 1.82) is 0 Å². The standard InChI is InChI=1S/C86H64N4/c1-85(2)77-33-19-17-31-71(77)73-49-45-61(53-79(73)85)75-55-67(89(63-23-9-5-10-24-63)64-25-11-6-12-26-64)47-51-69(75)57-37-41-59(42-38-57)83-84(88-82-36-22-21-35-81(82)87-83)60-43-39-58(40-44-60)70-52-48-68(90(65-27-13-7-14-28-65)66-29-15-8-16-30-66)56-76(70)62-46-50-74-72-32-18-20-34-78(72)86(3,4)80(74)54-62/h5-56H,1-4H3. The third kappa shape index (κ3) is 9.30. The van der Waals surface area contributed by atoms with Crippen molar-refractivity contribution in [3.05, 3.63) is 338 Å². The van der Waals surface area contributed by atoms with Gasteiger partial charge < -0.3 is 9.80 Å². The first kappa shape index (κ1) is 54.2. The predicted octanol–water partition coefficient (Wildman–Crippen LogP) is 23.2. The van der Waals surface area contributed by atoms with Crippen molar-refractivity contribution in [2.75, 3.05) is 9.80 Å². The first-order chi connectivity index (χ1) is 44.1. The summed E-state index contributed by atoms with van der Waals surface area (Å²) in [4.78, 5) is 15.6. The summed E-state index contributed by atoms with van der Waals surface area (Å²) in [6, 6.07) is 115. The summed E-state index contributed by atoms with van der Waals surface area (Å²) in [5, 5.41) is 0. The number of hydrogen-bond acceptors (Lipinski definition) is 4. The first-order valence-corrected chi connectivity index (χ1v) is 31.2. The molecule has 4 nitrogen and oxygen atoms in total. The molecule has 1 heterocycles. The van der Waals surface area contributed by atoms with Crippen LogP contribution in [-0.4, -0.2) is 9.97 Å². The maximum atomic E-state index is 5.43. The maximum Gasteiger partial charge on any atom is 0.0973 e. The van der Waals surface area contributed by atoms with E-state index in [1.165, 1.54) is 55.6 Å². The van der Waals surface area contributed by atoms with E-state index in [0.29, 0.717) is 0 Å². The number of nitrogens with zero attached hydrogens (tertiary/aromatic N) is 4. The van der Waals surface area contributed by atoms with E-state index in [4.69, 9.17) is 9.97 Å². The molecule has 14 aromatic rings. The molecular formula is C86H64N4. The molecule has 0 fully saturated rings. The molecule has 0 atom stereocenters. The van der Waals surface area contributed by atoms with Crippen molar-refractivity contribution in [1.82, 2.24) is 9.97 Å². The van der Waals surface area contributed by atoms with Crippen LogP contribution in [0.5, 0.6) is 0 Å². The van der Waals surface area contributed by atoms with Crippen LogP contribution in [0.1, 0.15) is 49.9 Å². The minimum Gasteiger partial charge on any atom is -0.310 e. The van der Waals surface area contributed by atoms with E-state index in [9.17, 15) is 0 Å². The zero-order valence-electron chi connectivity index (χ0n) is 50.8. The topological polar surface area (TPSA) is 32.3 Å². The lowest BCUT2D eigenvalue weighted by Gasteiger charge is -2.27. The van der Waals surface area contributed by atoms with E-state index in [-0.39, 0.29) is 10.8 Å². The zero-order chi connectivity index (χ0) is 60.5. The SMILES string of the molecule is CC1(C)c2ccccc2-c2ccc(-c3cc(N(c4ccccc4)c4ccccc4)ccc3-c3ccc(-c4nc5ccccc5nc4-c4ccc(-c5ccc(N(c6ccccc6)c6ccccc6)cc5-c5ccc6c(c5)C(C)(C)c5ccccc5-6)cc4)cc3)cc21. The molecule has 2 aliphatic rings. The molecule has 16 rings (SSSR count). The quantitative estimate of drug-likeness (QED) is 0.122. The van der Waals surface area contributed by atoms with Crippen LogP contribution in [0.2, 0.25) is 0 Å². The fraction of sp³-hybridized carbons (Fsp3) is 0.0698. The smallest absolute Gasteiger partial charge is 0.0973 e. The summed E-state index contributed by atoms with van der Waals surface area (Å²) in [6.45, 7) is 9.44. The van der Waals surface area contributed by atoms with E-state index < -0.39 is 0 Å². The molecule has 0 aliphatic heterocycles. The number of rotatable bonds is 12. The van der Waals surface area contributed by atoms with Gasteiger partial charge in [-0.05, 0) is 186 Å². The van der Waals surface area contributed by atoms with Gasteiger partial charge in [-0.2, -0.15) is 0 Å². The van der Waals surface area contributed by atoms with Gasteiger partial charge in [0.05, 0.1) is 22.4 Å². The molecule has 428 valence electrons. The fourth-order valence-electron chi connectivity index (χ4n) is 14.3. The van der Waals surface area contributed by atoms with Gasteiger partial charge >= 0.3 is 0 Å². The minimum absolute atomic E-state index is 0.156. The summed E-state index contributed by atoms with van der Waals surface area (Å²) in [7, 11) is 0. The third-order valence-corrected chi connectivity index (χ3v) is 18.9. The van der Waals surface area contributed by atoms with Gasteiger partial charge in [-0.25, -0.2) is 9.97 Å². The summed E-state index contributed by atoms with van der Waals surface area (Å²) in [5.41, 5.74) is 31.4. The van der Waals surface area contributed by atoms with Gasteiger partial charge in [0.25, 0.3) is 0 Å². The monoisotopic (exact) mass is 1150 g/mol. The second kappa shape index (κ2) is 21.9. The first-order valence-electron chi connectivity index (χ1n) is 31.2. The van der Waals surface area contributed by atoms with Gasteiger partial charge in [0.1, 0.15) is 0 Å². The lowest BCUT2D eigenvalue weighted by atomic mass is 9.81. The number of hydrogen-bond donors (Lipinski definition) is 0. The Morgan fingerprint density at radius 2 is 0.500 bits per heavy atom. The summed E-state index contributed by atoms with van der Waals surface area (Å²) >= 11 is 0. The molecule has 0 bridgehead atoms. The summed E-state index contributed by atoms with van der Waals surface area (Å²) in [6.07, 6.45) is 0. The van der Waals surface area contributed by atoms with Crippen molar-refractivity contribution in [2.45, 2.75) is 38.5 Å². The molecule has 90 heavy (non-hydrogen) atoms. The minimum atomic E-state index is -0.156.